The van der Waals surface area contributed by atoms with Gasteiger partial charge in [-0.1, -0.05) is 25.3 Å². The second-order valence-corrected chi connectivity index (χ2v) is 11.4. The van der Waals surface area contributed by atoms with Crippen molar-refractivity contribution in [3.8, 4) is 11.5 Å². The maximum absolute atomic E-state index is 13.7. The van der Waals surface area contributed by atoms with Crippen LogP contribution in [0.15, 0.2) is 12.1 Å². The number of hydrogen-bond acceptors (Lipinski definition) is 6. The van der Waals surface area contributed by atoms with Crippen molar-refractivity contribution in [1.29, 1.82) is 0 Å². The van der Waals surface area contributed by atoms with Crippen LogP contribution in [0.3, 0.4) is 0 Å². The van der Waals surface area contributed by atoms with E-state index in [0.29, 0.717) is 18.6 Å². The van der Waals surface area contributed by atoms with Crippen LogP contribution in [0.5, 0.6) is 11.5 Å². The summed E-state index contributed by atoms with van der Waals surface area (Å²) in [6, 6.07) is 3.76. The van der Waals surface area contributed by atoms with Crippen molar-refractivity contribution in [2.75, 3.05) is 13.1 Å². The standard InChI is InChI=1S/C27H33NO5/c29-19-9-8-18-14-21-27(33-25(31)17-4-2-1-3-5-17)11-10-20(30)24-26(27,22(18)23(19)32-24)12-13-28(21)15-16-6-7-16/h8-9,16-17,21,24,29H,1-7,10-15H2/t21-,24?,26?,27?/m1/s1. The van der Waals surface area contributed by atoms with E-state index >= 15 is 0 Å². The fraction of sp³-hybridized carbons (Fsp3) is 0.704. The third kappa shape index (κ3) is 2.64. The molecule has 1 spiro atoms. The molecule has 2 heterocycles. The first-order chi connectivity index (χ1) is 16.0. The summed E-state index contributed by atoms with van der Waals surface area (Å²) < 4.78 is 13.1. The number of aromatic hydroxyl groups is 1. The lowest BCUT2D eigenvalue weighted by molar-refractivity contribution is -0.219. The minimum absolute atomic E-state index is 0.0365. The Morgan fingerprint density at radius 3 is 2.76 bits per heavy atom. The van der Waals surface area contributed by atoms with Gasteiger partial charge < -0.3 is 14.6 Å². The van der Waals surface area contributed by atoms with Gasteiger partial charge in [-0.15, -0.1) is 0 Å². The van der Waals surface area contributed by atoms with Gasteiger partial charge in [0, 0.05) is 18.5 Å². The third-order valence-electron chi connectivity index (χ3n) is 9.74. The number of piperidine rings is 1. The molecular formula is C27H33NO5. The van der Waals surface area contributed by atoms with Crippen LogP contribution in [0.25, 0.3) is 0 Å². The summed E-state index contributed by atoms with van der Waals surface area (Å²) in [6.45, 7) is 1.93. The van der Waals surface area contributed by atoms with Crippen molar-refractivity contribution < 1.29 is 24.2 Å². The molecule has 1 saturated heterocycles. The second-order valence-electron chi connectivity index (χ2n) is 11.4. The van der Waals surface area contributed by atoms with E-state index in [1.54, 1.807) is 6.07 Å². The van der Waals surface area contributed by atoms with Gasteiger partial charge in [0.2, 0.25) is 0 Å². The van der Waals surface area contributed by atoms with Gasteiger partial charge in [0.05, 0.1) is 17.4 Å². The average molecular weight is 452 g/mol. The van der Waals surface area contributed by atoms with E-state index in [0.717, 1.165) is 68.7 Å². The summed E-state index contributed by atoms with van der Waals surface area (Å²) in [5.74, 6) is 1.26. The van der Waals surface area contributed by atoms with Gasteiger partial charge >= 0.3 is 5.97 Å². The minimum atomic E-state index is -0.765. The van der Waals surface area contributed by atoms with E-state index in [1.165, 1.54) is 19.3 Å². The molecule has 176 valence electrons. The molecule has 4 atom stereocenters. The lowest BCUT2D eigenvalue weighted by Gasteiger charge is -2.64. The van der Waals surface area contributed by atoms with Gasteiger partial charge in [-0.25, -0.2) is 0 Å². The monoisotopic (exact) mass is 451 g/mol. The molecule has 4 aliphatic carbocycles. The summed E-state index contributed by atoms with van der Waals surface area (Å²) in [5.41, 5.74) is 0.660. The van der Waals surface area contributed by atoms with Crippen LogP contribution in [0.1, 0.15) is 75.3 Å². The number of hydrogen-bond donors (Lipinski definition) is 1. The molecule has 1 aromatic carbocycles. The number of rotatable bonds is 4. The highest BCUT2D eigenvalue weighted by molar-refractivity contribution is 5.90. The molecule has 0 amide bonds. The van der Waals surface area contributed by atoms with E-state index in [9.17, 15) is 14.7 Å². The van der Waals surface area contributed by atoms with Crippen LogP contribution >= 0.6 is 0 Å². The highest BCUT2D eigenvalue weighted by atomic mass is 16.6. The normalized spacial score (nSPS) is 37.4. The number of carbonyl (C=O) groups excluding carboxylic acids is 2. The SMILES string of the molecule is O=C(OC12CCC(=O)C3Oc4c(O)ccc5c4C31CCN(CC1CC1)[C@@H]2C5)C1CCCCC1. The predicted octanol–water partition coefficient (Wildman–Crippen LogP) is 3.66. The largest absolute Gasteiger partial charge is 0.504 e. The molecule has 2 bridgehead atoms. The fourth-order valence-corrected chi connectivity index (χ4v) is 8.04. The Bertz CT molecular complexity index is 1030. The quantitative estimate of drug-likeness (QED) is 0.705. The zero-order valence-electron chi connectivity index (χ0n) is 19.2. The van der Waals surface area contributed by atoms with Crippen molar-refractivity contribution in [2.45, 2.75) is 93.8 Å². The molecule has 0 radical (unpaired) electrons. The number of ether oxygens (including phenoxy) is 2. The van der Waals surface area contributed by atoms with Crippen molar-refractivity contribution in [3.05, 3.63) is 23.3 Å². The fourth-order valence-electron chi connectivity index (χ4n) is 8.04. The molecule has 33 heavy (non-hydrogen) atoms. The van der Waals surface area contributed by atoms with Crippen molar-refractivity contribution in [3.63, 3.8) is 0 Å². The third-order valence-corrected chi connectivity index (χ3v) is 9.74. The highest BCUT2D eigenvalue weighted by Crippen LogP contribution is 2.66. The van der Waals surface area contributed by atoms with Gasteiger partial charge in [-0.2, -0.15) is 0 Å². The van der Waals surface area contributed by atoms with Crippen LogP contribution in [-0.2, 0) is 26.2 Å². The van der Waals surface area contributed by atoms with Crippen LogP contribution in [0.4, 0.5) is 0 Å². The molecule has 1 N–H and O–H groups in total. The number of carbonyl (C=O) groups is 2. The zero-order chi connectivity index (χ0) is 22.4. The lowest BCUT2D eigenvalue weighted by atomic mass is 9.48. The second kappa shape index (κ2) is 6.97. The van der Waals surface area contributed by atoms with Crippen LogP contribution in [0.2, 0.25) is 0 Å². The van der Waals surface area contributed by atoms with Crippen LogP contribution in [-0.4, -0.2) is 52.6 Å². The summed E-state index contributed by atoms with van der Waals surface area (Å²) >= 11 is 0. The van der Waals surface area contributed by atoms with E-state index in [4.69, 9.17) is 9.47 Å². The Labute approximate surface area is 194 Å². The predicted molar refractivity (Wildman–Crippen MR) is 120 cm³/mol. The lowest BCUT2D eigenvalue weighted by Crippen LogP contribution is -2.78. The van der Waals surface area contributed by atoms with E-state index < -0.39 is 17.1 Å². The molecule has 3 unspecified atom stereocenters. The van der Waals surface area contributed by atoms with E-state index in [-0.39, 0.29) is 29.5 Å². The van der Waals surface area contributed by atoms with Gasteiger partial charge in [-0.3, -0.25) is 14.5 Å². The maximum Gasteiger partial charge on any atom is 0.309 e. The Kier molecular flexibility index (Phi) is 4.29. The Hall–Kier alpha value is -2.08. The Morgan fingerprint density at radius 2 is 1.97 bits per heavy atom. The summed E-state index contributed by atoms with van der Waals surface area (Å²) in [5, 5.41) is 10.7. The average Bonchev–Trinajstić information content (AvgIpc) is 3.57. The Balaban J connectivity index is 1.39. The van der Waals surface area contributed by atoms with E-state index in [2.05, 4.69) is 4.90 Å². The van der Waals surface area contributed by atoms with Crippen molar-refractivity contribution in [1.82, 2.24) is 4.90 Å². The highest BCUT2D eigenvalue weighted by Gasteiger charge is 2.75. The number of benzene rings is 1. The molecule has 6 aliphatic rings. The maximum atomic E-state index is 13.7. The molecule has 2 aliphatic heterocycles. The molecule has 6 nitrogen and oxygen atoms in total. The van der Waals surface area contributed by atoms with Crippen molar-refractivity contribution in [2.24, 2.45) is 11.8 Å². The van der Waals surface area contributed by atoms with Gasteiger partial charge in [0.1, 0.15) is 5.60 Å². The first kappa shape index (κ1) is 20.3. The van der Waals surface area contributed by atoms with Gasteiger partial charge in [-0.05, 0) is 69.0 Å². The number of likely N-dealkylation sites (tertiary alicyclic amines) is 1. The number of esters is 1. The van der Waals surface area contributed by atoms with E-state index in [1.807, 2.05) is 6.07 Å². The summed E-state index contributed by atoms with van der Waals surface area (Å²) in [6.07, 6.45) is 9.49. The molecule has 3 saturated carbocycles. The molecule has 7 rings (SSSR count). The summed E-state index contributed by atoms with van der Waals surface area (Å²) in [4.78, 5) is 29.5. The van der Waals surface area contributed by atoms with Gasteiger partial charge in [0.25, 0.3) is 0 Å². The first-order valence-electron chi connectivity index (χ1n) is 13.0. The summed E-state index contributed by atoms with van der Waals surface area (Å²) in [7, 11) is 0. The van der Waals surface area contributed by atoms with Crippen molar-refractivity contribution >= 4 is 11.8 Å². The molecule has 4 fully saturated rings. The zero-order valence-corrected chi connectivity index (χ0v) is 19.2. The number of phenolic OH excluding ortho intramolecular Hbond substituents is 1. The topological polar surface area (TPSA) is 76.1 Å². The first-order valence-corrected chi connectivity index (χ1v) is 13.0. The molecule has 6 heteroatoms. The molecule has 1 aromatic rings. The molecular weight excluding hydrogens is 418 g/mol. The number of nitrogens with zero attached hydrogens (tertiary/aromatic N) is 1. The van der Waals surface area contributed by atoms with Crippen LogP contribution < -0.4 is 4.74 Å². The minimum Gasteiger partial charge on any atom is -0.504 e. The number of phenols is 1. The smallest absolute Gasteiger partial charge is 0.309 e. The van der Waals surface area contributed by atoms with Crippen LogP contribution in [0, 0.1) is 11.8 Å². The molecule has 0 aromatic heterocycles. The number of Topliss-reactive ketones (excluding diaryl/α,β-unsaturated/α-hetero) is 1. The number of ketones is 1. The van der Waals surface area contributed by atoms with Gasteiger partial charge in [0.15, 0.2) is 23.4 Å². The Morgan fingerprint density at radius 1 is 1.15 bits per heavy atom.